The summed E-state index contributed by atoms with van der Waals surface area (Å²) in [6.07, 6.45) is 3.16. The third kappa shape index (κ3) is 20.5. The molecule has 0 fully saturated rings. The minimum absolute atomic E-state index is 0.117. The average Bonchev–Trinajstić information content (AvgIpc) is 2.91. The molecule has 12 nitrogen and oxygen atoms in total. The topological polar surface area (TPSA) is 198 Å². The Morgan fingerprint density at radius 1 is 1.00 bits per heavy atom. The molecule has 0 aliphatic heterocycles. The molecule has 1 aromatic carbocycles. The number of benzene rings is 1. The van der Waals surface area contributed by atoms with Crippen LogP contribution in [0.3, 0.4) is 0 Å². The Morgan fingerprint density at radius 3 is 1.95 bits per heavy atom. The van der Waals surface area contributed by atoms with Gasteiger partial charge in [-0.05, 0) is 43.5 Å². The molecule has 10 N–H and O–H groups in total. The minimum Gasteiger partial charge on any atom is -0.352 e. The number of hydrogen-bond donors (Lipinski definition) is 7. The molecule has 1 rings (SSSR count). The number of nitrogens with two attached hydrogens (primary N) is 3. The predicted molar refractivity (Wildman–Crippen MR) is 155 cm³/mol. The van der Waals surface area contributed by atoms with Crippen LogP contribution in [0.15, 0.2) is 37.0 Å². The second-order valence-corrected chi connectivity index (χ2v) is 7.75. The molecule has 38 heavy (non-hydrogen) atoms. The normalized spacial score (nSPS) is 9.95. The number of primary amides is 1. The van der Waals surface area contributed by atoms with Crippen LogP contribution in [-0.4, -0.2) is 61.5 Å². The fourth-order valence-corrected chi connectivity index (χ4v) is 2.54. The first kappa shape index (κ1) is 38.9. The largest absolute Gasteiger partial charge is 0.352 e. The molecule has 1 aromatic rings. The fraction of sp³-hybridized carbons (Fsp3) is 0.538. The van der Waals surface area contributed by atoms with Gasteiger partial charge in [0.05, 0.1) is 6.54 Å². The van der Waals surface area contributed by atoms with E-state index in [2.05, 4.69) is 40.5 Å². The van der Waals surface area contributed by atoms with Gasteiger partial charge in [0.25, 0.3) is 0 Å². The molecule has 0 aliphatic rings. The molecule has 0 saturated heterocycles. The number of hydrazine groups is 1. The lowest BCUT2D eigenvalue weighted by Crippen LogP contribution is -2.53. The molecule has 5 amide bonds. The van der Waals surface area contributed by atoms with E-state index >= 15 is 0 Å². The molecule has 0 aliphatic carbocycles. The van der Waals surface area contributed by atoms with Crippen molar-refractivity contribution in [1.29, 1.82) is 0 Å². The van der Waals surface area contributed by atoms with Crippen molar-refractivity contribution in [3.8, 4) is 0 Å². The van der Waals surface area contributed by atoms with Gasteiger partial charge < -0.3 is 37.7 Å². The molecule has 0 aromatic heterocycles. The second-order valence-electron chi connectivity index (χ2n) is 7.75. The predicted octanol–water partition coefficient (Wildman–Crippen LogP) is 1.43. The molecule has 218 valence electrons. The lowest BCUT2D eigenvalue weighted by Gasteiger charge is -2.22. The number of nitrogens with one attached hydrogen (secondary N) is 4. The number of urea groups is 1. The number of rotatable bonds is 12. The Labute approximate surface area is 228 Å². The molecule has 1 atom stereocenters. The van der Waals surface area contributed by atoms with E-state index < -0.39 is 23.9 Å². The summed E-state index contributed by atoms with van der Waals surface area (Å²) >= 11 is 0. The lowest BCUT2D eigenvalue weighted by atomic mass is 10.0. The third-order valence-electron chi connectivity index (χ3n) is 4.44. The standard InChI is InChI=1S/C19H29N5O3.C4H10N2O.C2H6.CH5N/c1-5-14-7-9-15(10-8-14)22-16(25)11-21-19(27)18(13(3)4)23-17(26)12-24(20)6-2;1-2-3-6-4(5)7;2*1-2/h6-10,13,18H,2,5,11-12,20H2,1,3-4H3,(H,21,27)(H,22,25)(H,23,26);2-3H2,1H3,(H3,5,6,7);1-2H3;2H2,1H3. The van der Waals surface area contributed by atoms with E-state index in [1.54, 1.807) is 13.8 Å². The average molecular weight is 539 g/mol. The lowest BCUT2D eigenvalue weighted by molar-refractivity contribution is -0.131. The molecular weight excluding hydrogens is 488 g/mol. The first-order chi connectivity index (χ1) is 18.0. The third-order valence-corrected chi connectivity index (χ3v) is 4.44. The highest BCUT2D eigenvalue weighted by molar-refractivity contribution is 5.96. The summed E-state index contributed by atoms with van der Waals surface area (Å²) in [5.74, 6) is 4.14. The van der Waals surface area contributed by atoms with Gasteiger partial charge in [-0.1, -0.05) is 60.3 Å². The van der Waals surface area contributed by atoms with Crippen LogP contribution in [0.2, 0.25) is 0 Å². The van der Waals surface area contributed by atoms with Crippen molar-refractivity contribution < 1.29 is 19.2 Å². The van der Waals surface area contributed by atoms with Crippen LogP contribution in [0.5, 0.6) is 0 Å². The Balaban J connectivity index is -0.000000946. The van der Waals surface area contributed by atoms with Crippen molar-refractivity contribution in [1.82, 2.24) is 21.0 Å². The number of hydrogen-bond acceptors (Lipinski definition) is 7. The highest BCUT2D eigenvalue weighted by atomic mass is 16.2. The summed E-state index contributed by atoms with van der Waals surface area (Å²) in [5, 5.41) is 11.4. The van der Waals surface area contributed by atoms with Crippen LogP contribution in [0.4, 0.5) is 10.5 Å². The van der Waals surface area contributed by atoms with Gasteiger partial charge >= 0.3 is 6.03 Å². The van der Waals surface area contributed by atoms with Crippen LogP contribution in [0.1, 0.15) is 53.5 Å². The number of aryl methyl sites for hydroxylation is 1. The molecule has 0 saturated carbocycles. The van der Waals surface area contributed by atoms with Crippen LogP contribution >= 0.6 is 0 Å². The van der Waals surface area contributed by atoms with E-state index in [1.165, 1.54) is 18.8 Å². The van der Waals surface area contributed by atoms with Crippen molar-refractivity contribution in [2.75, 3.05) is 32.0 Å². The van der Waals surface area contributed by atoms with Crippen molar-refractivity contribution in [2.45, 2.75) is 60.4 Å². The number of amides is 5. The van der Waals surface area contributed by atoms with Gasteiger partial charge in [-0.3, -0.25) is 14.4 Å². The zero-order chi connectivity index (χ0) is 30.1. The van der Waals surface area contributed by atoms with Gasteiger partial charge in [0.15, 0.2) is 0 Å². The smallest absolute Gasteiger partial charge is 0.312 e. The summed E-state index contributed by atoms with van der Waals surface area (Å²) in [7, 11) is 1.50. The molecule has 0 spiro atoms. The summed E-state index contributed by atoms with van der Waals surface area (Å²) in [6, 6.07) is 6.28. The van der Waals surface area contributed by atoms with E-state index in [9.17, 15) is 19.2 Å². The minimum atomic E-state index is -0.771. The SMILES string of the molecule is C=CN(N)CC(=O)NC(C(=O)NCC(=O)Nc1ccc(CC)cc1)C(C)C.CC.CCCNC(N)=O.CN. The molecular formula is C26H50N8O4. The highest BCUT2D eigenvalue weighted by Gasteiger charge is 2.24. The first-order valence-corrected chi connectivity index (χ1v) is 12.7. The Kier molecular flexibility index (Phi) is 25.6. The van der Waals surface area contributed by atoms with Gasteiger partial charge in [-0.2, -0.15) is 0 Å². The van der Waals surface area contributed by atoms with Crippen molar-refractivity contribution in [2.24, 2.45) is 23.2 Å². The first-order valence-electron chi connectivity index (χ1n) is 12.7. The zero-order valence-corrected chi connectivity index (χ0v) is 24.1. The summed E-state index contributed by atoms with van der Waals surface area (Å²) in [6.45, 7) is 15.4. The zero-order valence-electron chi connectivity index (χ0n) is 24.1. The summed E-state index contributed by atoms with van der Waals surface area (Å²) in [5.41, 5.74) is 11.1. The highest BCUT2D eigenvalue weighted by Crippen LogP contribution is 2.09. The van der Waals surface area contributed by atoms with Crippen molar-refractivity contribution in [3.63, 3.8) is 0 Å². The molecule has 12 heteroatoms. The van der Waals surface area contributed by atoms with Gasteiger partial charge in [0.1, 0.15) is 12.6 Å². The molecule has 0 radical (unpaired) electrons. The number of carbonyl (C=O) groups is 4. The maximum Gasteiger partial charge on any atom is 0.312 e. The fourth-order valence-electron chi connectivity index (χ4n) is 2.54. The van der Waals surface area contributed by atoms with E-state index in [0.29, 0.717) is 12.2 Å². The van der Waals surface area contributed by atoms with Crippen LogP contribution in [0.25, 0.3) is 0 Å². The van der Waals surface area contributed by atoms with E-state index in [1.807, 2.05) is 45.0 Å². The molecule has 1 unspecified atom stereocenters. The Bertz CT molecular complexity index is 801. The van der Waals surface area contributed by atoms with Gasteiger partial charge in [0, 0.05) is 18.4 Å². The van der Waals surface area contributed by atoms with Crippen LogP contribution in [-0.2, 0) is 20.8 Å². The van der Waals surface area contributed by atoms with Gasteiger partial charge in [-0.25, -0.2) is 10.6 Å². The maximum absolute atomic E-state index is 12.3. The monoisotopic (exact) mass is 538 g/mol. The van der Waals surface area contributed by atoms with E-state index in [4.69, 9.17) is 11.6 Å². The number of anilines is 1. The Hall–Kier alpha value is -3.64. The summed E-state index contributed by atoms with van der Waals surface area (Å²) < 4.78 is 0. The van der Waals surface area contributed by atoms with Crippen molar-refractivity contribution in [3.05, 3.63) is 42.6 Å². The number of carbonyl (C=O) groups excluding carboxylic acids is 4. The number of nitrogens with zero attached hydrogens (tertiary/aromatic N) is 1. The van der Waals surface area contributed by atoms with Crippen molar-refractivity contribution >= 4 is 29.4 Å². The van der Waals surface area contributed by atoms with Gasteiger partial charge in [0.2, 0.25) is 17.7 Å². The molecule has 0 heterocycles. The quantitative estimate of drug-likeness (QED) is 0.154. The summed E-state index contributed by atoms with van der Waals surface area (Å²) in [4.78, 5) is 46.2. The van der Waals surface area contributed by atoms with E-state index in [-0.39, 0.29) is 24.9 Å². The van der Waals surface area contributed by atoms with Crippen LogP contribution < -0.4 is 38.6 Å². The second kappa shape index (κ2) is 25.0. The maximum atomic E-state index is 12.3. The van der Waals surface area contributed by atoms with Crippen LogP contribution in [0, 0.1) is 5.92 Å². The van der Waals surface area contributed by atoms with E-state index in [0.717, 1.165) is 17.9 Å². The molecule has 0 bridgehead atoms. The Morgan fingerprint density at radius 2 is 1.55 bits per heavy atom. The van der Waals surface area contributed by atoms with Gasteiger partial charge in [-0.15, -0.1) is 0 Å².